The molecule has 140 valence electrons. The summed E-state index contributed by atoms with van der Waals surface area (Å²) >= 11 is 0. The first-order valence-electron chi connectivity index (χ1n) is 7.61. The lowest BCUT2D eigenvalue weighted by molar-refractivity contribution is 0.0946. The van der Waals surface area contributed by atoms with Crippen LogP contribution in [0.25, 0.3) is 5.82 Å². The number of hydrogen-bond donors (Lipinski definition) is 2. The highest BCUT2D eigenvalue weighted by Crippen LogP contribution is 2.22. The van der Waals surface area contributed by atoms with Crippen molar-refractivity contribution in [1.29, 1.82) is 0 Å². The number of aryl methyl sites for hydroxylation is 1. The fraction of sp³-hybridized carbons (Fsp3) is 0.200. The van der Waals surface area contributed by atoms with Crippen molar-refractivity contribution in [2.75, 3.05) is 20.0 Å². The largest absolute Gasteiger partial charge is 0.497 e. The second-order valence-corrected chi connectivity index (χ2v) is 5.22. The molecule has 0 saturated carbocycles. The Kier molecular flexibility index (Phi) is 4.97. The van der Waals surface area contributed by atoms with Gasteiger partial charge in [0.05, 0.1) is 26.1 Å². The molecule has 12 heteroatoms. The Labute approximate surface area is 152 Å². The van der Waals surface area contributed by atoms with E-state index in [2.05, 4.69) is 35.8 Å². The van der Waals surface area contributed by atoms with Crippen LogP contribution >= 0.6 is 0 Å². The Bertz CT molecular complexity index is 994. The maximum absolute atomic E-state index is 12.5. The van der Waals surface area contributed by atoms with Crippen LogP contribution in [-0.2, 0) is 0 Å². The first-order valence-corrected chi connectivity index (χ1v) is 7.61. The lowest BCUT2D eigenvalue weighted by Gasteiger charge is -2.07. The van der Waals surface area contributed by atoms with E-state index in [0.717, 1.165) is 4.68 Å². The van der Waals surface area contributed by atoms with Gasteiger partial charge in [0.1, 0.15) is 11.5 Å². The summed E-state index contributed by atoms with van der Waals surface area (Å²) in [6.07, 6.45) is 1.43. The van der Waals surface area contributed by atoms with E-state index in [1.807, 2.05) is 0 Å². The van der Waals surface area contributed by atoms with Crippen LogP contribution in [0.3, 0.4) is 0 Å². The highest BCUT2D eigenvalue weighted by molar-refractivity contribution is 5.95. The maximum Gasteiger partial charge on any atom is 0.292 e. The molecule has 0 atom stereocenters. The van der Waals surface area contributed by atoms with E-state index in [4.69, 9.17) is 15.2 Å². The summed E-state index contributed by atoms with van der Waals surface area (Å²) in [7, 11) is 3.08. The Hall–Kier alpha value is -3.96. The summed E-state index contributed by atoms with van der Waals surface area (Å²) in [6.45, 7) is 1.61. The van der Waals surface area contributed by atoms with Gasteiger partial charge in [0.25, 0.3) is 5.91 Å². The average Bonchev–Trinajstić information content (AvgIpc) is 3.26. The molecule has 2 heterocycles. The van der Waals surface area contributed by atoms with Gasteiger partial charge >= 0.3 is 0 Å². The van der Waals surface area contributed by atoms with Gasteiger partial charge in [-0.25, -0.2) is 10.1 Å². The number of carbonyl (C=O) groups is 1. The second kappa shape index (κ2) is 7.51. The van der Waals surface area contributed by atoms with Crippen molar-refractivity contribution in [2.45, 2.75) is 6.92 Å². The second-order valence-electron chi connectivity index (χ2n) is 5.22. The zero-order valence-electron chi connectivity index (χ0n) is 14.7. The zero-order valence-corrected chi connectivity index (χ0v) is 14.7. The molecule has 0 bridgehead atoms. The molecule has 12 nitrogen and oxygen atoms in total. The van der Waals surface area contributed by atoms with Gasteiger partial charge in [0.2, 0.25) is 11.6 Å². The average molecular weight is 372 g/mol. The van der Waals surface area contributed by atoms with Gasteiger partial charge < -0.3 is 15.2 Å². The summed E-state index contributed by atoms with van der Waals surface area (Å²) in [6, 6.07) is 5.19. The number of amides is 1. The fourth-order valence-electron chi connectivity index (χ4n) is 2.26. The van der Waals surface area contributed by atoms with Gasteiger partial charge in [-0.15, -0.1) is 5.10 Å². The number of nitrogens with zero attached hydrogens (tertiary/aromatic N) is 6. The van der Waals surface area contributed by atoms with Gasteiger partial charge in [0, 0.05) is 5.56 Å². The molecule has 3 N–H and O–H groups in total. The smallest absolute Gasteiger partial charge is 0.292 e. The third kappa shape index (κ3) is 3.53. The molecule has 2 aromatic heterocycles. The number of carbonyl (C=O) groups excluding carboxylic acids is 1. The van der Waals surface area contributed by atoms with E-state index in [-0.39, 0.29) is 17.3 Å². The van der Waals surface area contributed by atoms with Gasteiger partial charge in [-0.2, -0.15) is 9.78 Å². The van der Waals surface area contributed by atoms with Crippen molar-refractivity contribution in [3.63, 3.8) is 0 Å². The molecule has 0 unspecified atom stereocenters. The van der Waals surface area contributed by atoms with Crippen LogP contribution in [0.2, 0.25) is 0 Å². The molecule has 1 aromatic carbocycles. The third-order valence-electron chi connectivity index (χ3n) is 3.56. The predicted octanol–water partition coefficient (Wildman–Crippen LogP) is 0.322. The summed E-state index contributed by atoms with van der Waals surface area (Å²) in [4.78, 5) is 12.5. The molecular weight excluding hydrogens is 356 g/mol. The topological polar surface area (TPSA) is 156 Å². The quantitative estimate of drug-likeness (QED) is 0.459. The summed E-state index contributed by atoms with van der Waals surface area (Å²) in [5.74, 6) is 0.643. The van der Waals surface area contributed by atoms with Crippen LogP contribution in [0, 0.1) is 6.92 Å². The van der Waals surface area contributed by atoms with Crippen molar-refractivity contribution in [3.8, 4) is 17.3 Å². The Morgan fingerprint density at radius 2 is 2.15 bits per heavy atom. The van der Waals surface area contributed by atoms with Gasteiger partial charge in [-0.3, -0.25) is 4.79 Å². The Morgan fingerprint density at radius 1 is 1.33 bits per heavy atom. The third-order valence-corrected chi connectivity index (χ3v) is 3.56. The standard InChI is InChI=1S/C15H16N8O4/c1-8-12(23(22-18-8)14-13(16)20-27-21-14)15(24)19-17-7-9-6-10(25-2)4-5-11(9)26-3/h4-7H,1-3H3,(H2,16,20)(H,19,24)/b17-7-. The van der Waals surface area contributed by atoms with Crippen molar-refractivity contribution in [3.05, 3.63) is 35.2 Å². The number of rotatable bonds is 6. The first kappa shape index (κ1) is 17.8. The van der Waals surface area contributed by atoms with Crippen LogP contribution in [0.1, 0.15) is 21.7 Å². The number of hydrazone groups is 1. The van der Waals surface area contributed by atoms with E-state index >= 15 is 0 Å². The Morgan fingerprint density at radius 3 is 2.81 bits per heavy atom. The lowest BCUT2D eigenvalue weighted by atomic mass is 10.2. The van der Waals surface area contributed by atoms with Crippen LogP contribution in [0.4, 0.5) is 5.82 Å². The molecular formula is C15H16N8O4. The number of anilines is 1. The van der Waals surface area contributed by atoms with Gasteiger partial charge in [0.15, 0.2) is 5.69 Å². The van der Waals surface area contributed by atoms with Crippen LogP contribution < -0.4 is 20.6 Å². The van der Waals surface area contributed by atoms with Crippen molar-refractivity contribution >= 4 is 17.9 Å². The SMILES string of the molecule is COc1ccc(OC)c(/C=N\NC(=O)c2c(C)nnn2-c2nonc2N)c1. The molecule has 0 fully saturated rings. The maximum atomic E-state index is 12.5. The van der Waals surface area contributed by atoms with Gasteiger partial charge in [-0.1, -0.05) is 5.21 Å². The van der Waals surface area contributed by atoms with Crippen molar-refractivity contribution in [2.24, 2.45) is 5.10 Å². The van der Waals surface area contributed by atoms with E-state index in [1.165, 1.54) is 13.3 Å². The number of nitrogens with two attached hydrogens (primary N) is 1. The normalized spacial score (nSPS) is 10.9. The highest BCUT2D eigenvalue weighted by atomic mass is 16.6. The predicted molar refractivity (Wildman–Crippen MR) is 93.0 cm³/mol. The molecule has 3 aromatic rings. The number of hydrogen-bond acceptors (Lipinski definition) is 10. The van der Waals surface area contributed by atoms with Crippen LogP contribution in [0.15, 0.2) is 27.9 Å². The zero-order chi connectivity index (χ0) is 19.4. The number of ether oxygens (including phenoxy) is 2. The van der Waals surface area contributed by atoms with E-state index in [1.54, 1.807) is 32.2 Å². The van der Waals surface area contributed by atoms with Crippen LogP contribution in [-0.4, -0.2) is 51.6 Å². The van der Waals surface area contributed by atoms with E-state index in [0.29, 0.717) is 22.8 Å². The molecule has 3 rings (SSSR count). The first-order chi connectivity index (χ1) is 13.0. The summed E-state index contributed by atoms with van der Waals surface area (Å²) < 4.78 is 16.1. The van der Waals surface area contributed by atoms with E-state index in [9.17, 15) is 4.79 Å². The molecule has 1 amide bonds. The summed E-state index contributed by atoms with van der Waals surface area (Å²) in [5.41, 5.74) is 9.10. The molecule has 27 heavy (non-hydrogen) atoms. The number of nitrogen functional groups attached to an aromatic ring is 1. The number of benzene rings is 1. The molecule has 0 aliphatic carbocycles. The minimum atomic E-state index is -0.571. The number of nitrogens with one attached hydrogen (secondary N) is 1. The fourth-order valence-corrected chi connectivity index (χ4v) is 2.26. The molecule has 0 radical (unpaired) electrons. The van der Waals surface area contributed by atoms with Crippen molar-refractivity contribution in [1.82, 2.24) is 30.7 Å². The Balaban J connectivity index is 1.83. The van der Waals surface area contributed by atoms with Gasteiger partial charge in [-0.05, 0) is 35.4 Å². The molecule has 0 aliphatic heterocycles. The van der Waals surface area contributed by atoms with E-state index < -0.39 is 5.91 Å². The minimum Gasteiger partial charge on any atom is -0.497 e. The van der Waals surface area contributed by atoms with Crippen LogP contribution in [0.5, 0.6) is 11.5 Å². The number of methoxy groups -OCH3 is 2. The molecule has 0 spiro atoms. The minimum absolute atomic E-state index is 0.0291. The summed E-state index contributed by atoms with van der Waals surface area (Å²) in [5, 5.41) is 18.7. The monoisotopic (exact) mass is 372 g/mol. The molecule has 0 saturated heterocycles. The lowest BCUT2D eigenvalue weighted by Crippen LogP contribution is -2.22. The van der Waals surface area contributed by atoms with Crippen molar-refractivity contribution < 1.29 is 18.9 Å². The highest BCUT2D eigenvalue weighted by Gasteiger charge is 2.22. The molecule has 0 aliphatic rings. The number of aromatic nitrogens is 5.